The molecule has 154 valence electrons. The second kappa shape index (κ2) is 7.47. The fourth-order valence-electron chi connectivity index (χ4n) is 4.08. The van der Waals surface area contributed by atoms with E-state index in [1.165, 1.54) is 24.5 Å². The van der Waals surface area contributed by atoms with Crippen LogP contribution < -0.4 is 5.56 Å². The van der Waals surface area contributed by atoms with Crippen LogP contribution in [0.15, 0.2) is 83.9 Å². The lowest BCUT2D eigenvalue weighted by molar-refractivity contribution is 0.597. The third-order valence-corrected chi connectivity index (χ3v) is 5.73. The van der Waals surface area contributed by atoms with Crippen molar-refractivity contribution < 1.29 is 8.78 Å². The summed E-state index contributed by atoms with van der Waals surface area (Å²) in [6.07, 6.45) is 1.50. The zero-order valence-electron chi connectivity index (χ0n) is 16.8. The number of halogens is 2. The van der Waals surface area contributed by atoms with Gasteiger partial charge in [-0.05, 0) is 36.8 Å². The Kier molecular flexibility index (Phi) is 4.62. The Balaban J connectivity index is 1.79. The molecule has 5 rings (SSSR count). The molecular formula is C25H19F2N3O. The molecule has 0 amide bonds. The Morgan fingerprint density at radius 3 is 2.48 bits per heavy atom. The third kappa shape index (κ3) is 3.20. The summed E-state index contributed by atoms with van der Waals surface area (Å²) in [6.45, 7) is 2.06. The summed E-state index contributed by atoms with van der Waals surface area (Å²) >= 11 is 0. The second-order valence-corrected chi connectivity index (χ2v) is 7.58. The van der Waals surface area contributed by atoms with Crippen LogP contribution in [0.1, 0.15) is 24.1 Å². The van der Waals surface area contributed by atoms with Crippen LogP contribution in [0.3, 0.4) is 0 Å². The van der Waals surface area contributed by atoms with Crippen LogP contribution in [-0.4, -0.2) is 14.1 Å². The van der Waals surface area contributed by atoms with E-state index in [9.17, 15) is 13.6 Å². The number of benzene rings is 3. The molecule has 0 aliphatic carbocycles. The zero-order chi connectivity index (χ0) is 21.5. The first-order chi connectivity index (χ1) is 15.0. The van der Waals surface area contributed by atoms with Crippen LogP contribution in [0.5, 0.6) is 0 Å². The van der Waals surface area contributed by atoms with Crippen molar-refractivity contribution in [3.63, 3.8) is 0 Å². The van der Waals surface area contributed by atoms with Crippen molar-refractivity contribution in [1.82, 2.24) is 14.1 Å². The Morgan fingerprint density at radius 2 is 1.71 bits per heavy atom. The van der Waals surface area contributed by atoms with Crippen LogP contribution in [0, 0.1) is 11.6 Å². The lowest BCUT2D eigenvalue weighted by Gasteiger charge is -2.16. The maximum atomic E-state index is 14.4. The van der Waals surface area contributed by atoms with Gasteiger partial charge in [-0.2, -0.15) is 0 Å². The molecule has 0 aliphatic heterocycles. The minimum Gasteiger partial charge on any atom is -0.330 e. The van der Waals surface area contributed by atoms with E-state index in [0.717, 1.165) is 5.56 Å². The first kappa shape index (κ1) is 19.2. The van der Waals surface area contributed by atoms with Gasteiger partial charge < -0.3 is 4.57 Å². The average Bonchev–Trinajstić information content (AvgIpc) is 3.09. The number of nitrogens with zero attached hydrogens (tertiary/aromatic N) is 3. The van der Waals surface area contributed by atoms with Crippen LogP contribution in [0.2, 0.25) is 0 Å². The maximum Gasteiger partial charge on any atom is 0.278 e. The topological polar surface area (TPSA) is 39.8 Å². The summed E-state index contributed by atoms with van der Waals surface area (Å²) in [5, 5.41) is 0.531. The molecule has 6 heteroatoms. The summed E-state index contributed by atoms with van der Waals surface area (Å²) < 4.78 is 31.7. The summed E-state index contributed by atoms with van der Waals surface area (Å²) in [5.74, 6) is -0.775. The number of hydrogen-bond donors (Lipinski definition) is 0. The largest absolute Gasteiger partial charge is 0.330 e. The molecule has 0 N–H and O–H groups in total. The molecule has 3 aromatic carbocycles. The molecule has 0 bridgehead atoms. The van der Waals surface area contributed by atoms with Crippen LogP contribution in [0.25, 0.3) is 21.9 Å². The second-order valence-electron chi connectivity index (χ2n) is 7.58. The molecule has 4 nitrogen and oxygen atoms in total. The van der Waals surface area contributed by atoms with Gasteiger partial charge in [0.05, 0.1) is 24.4 Å². The molecule has 0 unspecified atom stereocenters. The van der Waals surface area contributed by atoms with E-state index in [-0.39, 0.29) is 24.0 Å². The quantitative estimate of drug-likeness (QED) is 0.400. The summed E-state index contributed by atoms with van der Waals surface area (Å²) in [7, 11) is 0. The molecule has 1 atom stereocenters. The van der Waals surface area contributed by atoms with Gasteiger partial charge in [0.1, 0.15) is 22.7 Å². The van der Waals surface area contributed by atoms with Crippen molar-refractivity contribution in [3.05, 3.63) is 112 Å². The molecule has 0 fully saturated rings. The number of hydrogen-bond acceptors (Lipinski definition) is 2. The van der Waals surface area contributed by atoms with Crippen molar-refractivity contribution in [2.45, 2.75) is 19.5 Å². The highest BCUT2D eigenvalue weighted by Gasteiger charge is 2.20. The highest BCUT2D eigenvalue weighted by molar-refractivity contribution is 6.05. The molecule has 2 heterocycles. The maximum absolute atomic E-state index is 14.4. The van der Waals surface area contributed by atoms with Crippen molar-refractivity contribution in [3.8, 4) is 0 Å². The molecule has 31 heavy (non-hydrogen) atoms. The van der Waals surface area contributed by atoms with Gasteiger partial charge >= 0.3 is 0 Å². The fourth-order valence-corrected chi connectivity index (χ4v) is 4.08. The van der Waals surface area contributed by atoms with Crippen LogP contribution in [-0.2, 0) is 6.54 Å². The van der Waals surface area contributed by atoms with Gasteiger partial charge in [0.2, 0.25) is 0 Å². The smallest absolute Gasteiger partial charge is 0.278 e. The standard InChI is InChI=1S/C25H19F2N3O/c1-16(17-7-3-2-4-8-17)30-15-28-23-20-13-19(26)11-12-22(20)29(24(23)25(30)31)14-18-9-5-6-10-21(18)27/h2-13,15-16H,14H2,1H3/t16-/m0/s1. The molecule has 0 saturated heterocycles. The molecule has 0 saturated carbocycles. The van der Waals surface area contributed by atoms with Crippen LogP contribution in [0.4, 0.5) is 8.78 Å². The molecule has 2 aromatic heterocycles. The summed E-state index contributed by atoms with van der Waals surface area (Å²) in [6, 6.07) is 20.2. The minimum absolute atomic E-state index is 0.138. The van der Waals surface area contributed by atoms with Crippen molar-refractivity contribution >= 4 is 21.9 Å². The van der Waals surface area contributed by atoms with E-state index in [4.69, 9.17) is 0 Å². The van der Waals surface area contributed by atoms with E-state index in [0.29, 0.717) is 27.5 Å². The van der Waals surface area contributed by atoms with E-state index < -0.39 is 5.82 Å². The van der Waals surface area contributed by atoms with Gasteiger partial charge in [-0.15, -0.1) is 0 Å². The van der Waals surface area contributed by atoms with Gasteiger partial charge in [0.15, 0.2) is 0 Å². The van der Waals surface area contributed by atoms with E-state index in [1.54, 1.807) is 33.4 Å². The number of fused-ring (bicyclic) bond motifs is 3. The SMILES string of the molecule is C[C@@H](c1ccccc1)n1cnc2c3cc(F)ccc3n(Cc3ccccc3F)c2c1=O. The molecule has 0 aliphatic rings. The van der Waals surface area contributed by atoms with Gasteiger partial charge in [0.25, 0.3) is 5.56 Å². The van der Waals surface area contributed by atoms with Gasteiger partial charge in [-0.3, -0.25) is 9.36 Å². The predicted octanol–water partition coefficient (Wildman–Crippen LogP) is 5.29. The normalized spacial score (nSPS) is 12.5. The summed E-state index contributed by atoms with van der Waals surface area (Å²) in [4.78, 5) is 18.1. The van der Waals surface area contributed by atoms with Gasteiger partial charge in [-0.1, -0.05) is 48.5 Å². The Labute approximate surface area is 177 Å². The van der Waals surface area contributed by atoms with Crippen molar-refractivity contribution in [2.75, 3.05) is 0 Å². The Bertz CT molecular complexity index is 1470. The van der Waals surface area contributed by atoms with Crippen molar-refractivity contribution in [2.24, 2.45) is 0 Å². The highest BCUT2D eigenvalue weighted by atomic mass is 19.1. The first-order valence-corrected chi connectivity index (χ1v) is 10.0. The summed E-state index contributed by atoms with van der Waals surface area (Å²) in [5.41, 5.74) is 2.52. The van der Waals surface area contributed by atoms with Crippen LogP contribution >= 0.6 is 0 Å². The Morgan fingerprint density at radius 1 is 0.968 bits per heavy atom. The van der Waals surface area contributed by atoms with E-state index in [1.807, 2.05) is 37.3 Å². The number of aromatic nitrogens is 3. The molecule has 0 radical (unpaired) electrons. The third-order valence-electron chi connectivity index (χ3n) is 5.73. The minimum atomic E-state index is -0.416. The molecular weight excluding hydrogens is 396 g/mol. The average molecular weight is 415 g/mol. The van der Waals surface area contributed by atoms with E-state index in [2.05, 4.69) is 4.98 Å². The number of rotatable bonds is 4. The first-order valence-electron chi connectivity index (χ1n) is 10.0. The monoisotopic (exact) mass is 415 g/mol. The highest BCUT2D eigenvalue weighted by Crippen LogP contribution is 2.28. The zero-order valence-corrected chi connectivity index (χ0v) is 16.8. The molecule has 0 spiro atoms. The Hall–Kier alpha value is -3.80. The van der Waals surface area contributed by atoms with Gasteiger partial charge in [0, 0.05) is 10.9 Å². The van der Waals surface area contributed by atoms with E-state index >= 15 is 0 Å². The van der Waals surface area contributed by atoms with Gasteiger partial charge in [-0.25, -0.2) is 13.8 Å². The lowest BCUT2D eigenvalue weighted by atomic mass is 10.1. The molecule has 5 aromatic rings. The van der Waals surface area contributed by atoms with Crippen molar-refractivity contribution in [1.29, 1.82) is 0 Å². The predicted molar refractivity (Wildman–Crippen MR) is 117 cm³/mol. The lowest BCUT2D eigenvalue weighted by Crippen LogP contribution is -2.26. The fraction of sp³-hybridized carbons (Fsp3) is 0.120.